The SMILES string of the molecule is CO.COC(=O)N1c2ccc3c(nc(C(C)Cn4ccc(Cl)n4)n3C3CCC(C=O)CC3)c2CCC1C. The number of fused-ring (bicyclic) bond motifs is 3. The van der Waals surface area contributed by atoms with Gasteiger partial charge in [0.2, 0.25) is 0 Å². The van der Waals surface area contributed by atoms with Gasteiger partial charge in [0.15, 0.2) is 5.15 Å². The second kappa shape index (κ2) is 11.6. The molecule has 0 saturated heterocycles. The summed E-state index contributed by atoms with van der Waals surface area (Å²) in [6.45, 7) is 4.88. The lowest BCUT2D eigenvalue weighted by molar-refractivity contribution is -0.112. The topological polar surface area (TPSA) is 102 Å². The Labute approximate surface area is 222 Å². The van der Waals surface area contributed by atoms with Gasteiger partial charge in [-0.15, -0.1) is 0 Å². The number of hydrogen-bond donors (Lipinski definition) is 1. The van der Waals surface area contributed by atoms with Crippen molar-refractivity contribution in [2.75, 3.05) is 19.1 Å². The van der Waals surface area contributed by atoms with Crippen molar-refractivity contribution in [1.82, 2.24) is 19.3 Å². The molecule has 5 rings (SSSR count). The fourth-order valence-electron chi connectivity index (χ4n) is 5.82. The van der Waals surface area contributed by atoms with Crippen LogP contribution in [0.15, 0.2) is 24.4 Å². The van der Waals surface area contributed by atoms with Gasteiger partial charge in [0.05, 0.1) is 30.4 Å². The normalized spacial score (nSPS) is 22.1. The Bertz CT molecular complexity index is 1250. The van der Waals surface area contributed by atoms with Crippen molar-refractivity contribution < 1.29 is 19.4 Å². The molecule has 200 valence electrons. The molecule has 1 aliphatic carbocycles. The van der Waals surface area contributed by atoms with Crippen LogP contribution in [0.2, 0.25) is 5.15 Å². The predicted octanol–water partition coefficient (Wildman–Crippen LogP) is 5.14. The van der Waals surface area contributed by atoms with Crippen molar-refractivity contribution in [3.05, 3.63) is 40.9 Å². The molecular weight excluding hydrogens is 494 g/mol. The van der Waals surface area contributed by atoms with Crippen LogP contribution < -0.4 is 4.90 Å². The molecular formula is C27H36ClN5O4. The molecule has 3 heterocycles. The van der Waals surface area contributed by atoms with Gasteiger partial charge in [0.1, 0.15) is 12.1 Å². The minimum absolute atomic E-state index is 0.0658. The Morgan fingerprint density at radius 1 is 1.22 bits per heavy atom. The molecule has 1 fully saturated rings. The van der Waals surface area contributed by atoms with Crippen molar-refractivity contribution in [3.63, 3.8) is 0 Å². The summed E-state index contributed by atoms with van der Waals surface area (Å²) in [5, 5.41) is 11.8. The predicted molar refractivity (Wildman–Crippen MR) is 143 cm³/mol. The van der Waals surface area contributed by atoms with Crippen molar-refractivity contribution >= 4 is 40.7 Å². The maximum absolute atomic E-state index is 12.6. The first-order chi connectivity index (χ1) is 17.9. The molecule has 2 unspecified atom stereocenters. The smallest absolute Gasteiger partial charge is 0.414 e. The minimum atomic E-state index is -0.339. The third kappa shape index (κ3) is 5.25. The largest absolute Gasteiger partial charge is 0.452 e. The summed E-state index contributed by atoms with van der Waals surface area (Å²) in [6, 6.07) is 6.28. The number of rotatable bonds is 5. The van der Waals surface area contributed by atoms with Crippen LogP contribution in [0.4, 0.5) is 10.5 Å². The molecule has 3 aromatic rings. The standard InChI is InChI=1S/C26H32ClN5O3.CH4O/c1-16(14-30-13-12-23(27)29-30)25-28-24-20-9-4-17(2)31(26(34)35-3)21(20)10-11-22(24)32(25)19-7-5-18(15-33)6-8-19;1-2/h10-13,15-19H,4-9,14H2,1-3H3;2H,1H3. The van der Waals surface area contributed by atoms with Gasteiger partial charge in [-0.25, -0.2) is 9.78 Å². The number of aryl methyl sites for hydroxylation is 1. The molecule has 1 saturated carbocycles. The molecule has 1 amide bonds. The van der Waals surface area contributed by atoms with Gasteiger partial charge >= 0.3 is 6.09 Å². The van der Waals surface area contributed by atoms with E-state index in [9.17, 15) is 9.59 Å². The number of aromatic nitrogens is 4. The summed E-state index contributed by atoms with van der Waals surface area (Å²) in [6.07, 6.45) is 8.06. The van der Waals surface area contributed by atoms with Crippen LogP contribution in [0, 0.1) is 5.92 Å². The number of nitrogens with zero attached hydrogens (tertiary/aromatic N) is 5. The van der Waals surface area contributed by atoms with E-state index >= 15 is 0 Å². The highest BCUT2D eigenvalue weighted by molar-refractivity contribution is 6.29. The number of carbonyl (C=O) groups excluding carboxylic acids is 2. The maximum atomic E-state index is 12.6. The highest BCUT2D eigenvalue weighted by atomic mass is 35.5. The van der Waals surface area contributed by atoms with Gasteiger partial charge in [-0.3, -0.25) is 9.58 Å². The Morgan fingerprint density at radius 3 is 2.57 bits per heavy atom. The fourth-order valence-corrected chi connectivity index (χ4v) is 5.97. The van der Waals surface area contributed by atoms with Crippen LogP contribution in [-0.4, -0.2) is 57.1 Å². The first-order valence-electron chi connectivity index (χ1n) is 12.9. The molecule has 0 spiro atoms. The molecule has 2 aliphatic rings. The Hall–Kier alpha value is -2.91. The molecule has 2 aromatic heterocycles. The van der Waals surface area contributed by atoms with E-state index in [1.807, 2.05) is 16.9 Å². The zero-order chi connectivity index (χ0) is 26.7. The molecule has 37 heavy (non-hydrogen) atoms. The third-order valence-corrected chi connectivity index (χ3v) is 7.86. The quantitative estimate of drug-likeness (QED) is 0.459. The second-order valence-electron chi connectivity index (χ2n) is 9.96. The number of aldehydes is 1. The number of carbonyl (C=O) groups is 2. The Balaban J connectivity index is 0.00000156. The first-order valence-corrected chi connectivity index (χ1v) is 13.3. The number of amides is 1. The molecule has 9 nitrogen and oxygen atoms in total. The van der Waals surface area contributed by atoms with E-state index in [1.54, 1.807) is 11.0 Å². The first kappa shape index (κ1) is 27.1. The lowest BCUT2D eigenvalue weighted by Crippen LogP contribution is -2.42. The number of methoxy groups -OCH3 is 1. The van der Waals surface area contributed by atoms with Crippen molar-refractivity contribution in [3.8, 4) is 0 Å². The number of halogens is 1. The van der Waals surface area contributed by atoms with Crippen molar-refractivity contribution in [1.29, 1.82) is 0 Å². The average Bonchev–Trinajstić information content (AvgIpc) is 3.52. The number of hydrogen-bond acceptors (Lipinski definition) is 6. The van der Waals surface area contributed by atoms with E-state index in [2.05, 4.69) is 29.6 Å². The Kier molecular flexibility index (Phi) is 8.54. The summed E-state index contributed by atoms with van der Waals surface area (Å²) in [5.41, 5.74) is 4.04. The summed E-state index contributed by atoms with van der Waals surface area (Å²) < 4.78 is 9.35. The summed E-state index contributed by atoms with van der Waals surface area (Å²) in [5.74, 6) is 1.26. The van der Waals surface area contributed by atoms with Gasteiger partial charge in [-0.2, -0.15) is 5.10 Å². The highest BCUT2D eigenvalue weighted by Gasteiger charge is 2.33. The molecule has 1 aromatic carbocycles. The summed E-state index contributed by atoms with van der Waals surface area (Å²) in [4.78, 5) is 30.9. The molecule has 10 heteroatoms. The van der Waals surface area contributed by atoms with E-state index < -0.39 is 0 Å². The molecule has 0 bridgehead atoms. The van der Waals surface area contributed by atoms with Crippen molar-refractivity contribution in [2.24, 2.45) is 5.92 Å². The zero-order valence-electron chi connectivity index (χ0n) is 21.9. The van der Waals surface area contributed by atoms with Gasteiger partial charge in [0.25, 0.3) is 0 Å². The van der Waals surface area contributed by atoms with Crippen LogP contribution in [0.25, 0.3) is 11.0 Å². The molecule has 0 radical (unpaired) electrons. The van der Waals surface area contributed by atoms with Crippen LogP contribution in [0.1, 0.15) is 69.3 Å². The monoisotopic (exact) mass is 529 g/mol. The zero-order valence-corrected chi connectivity index (χ0v) is 22.7. The van der Waals surface area contributed by atoms with Gasteiger partial charge in [-0.1, -0.05) is 18.5 Å². The second-order valence-corrected chi connectivity index (χ2v) is 10.4. The average molecular weight is 530 g/mol. The summed E-state index contributed by atoms with van der Waals surface area (Å²) >= 11 is 6.05. The number of ether oxygens (including phenoxy) is 1. The van der Waals surface area contributed by atoms with Crippen LogP contribution in [0.3, 0.4) is 0 Å². The third-order valence-electron chi connectivity index (χ3n) is 7.66. The Morgan fingerprint density at radius 2 is 1.95 bits per heavy atom. The fraction of sp³-hybridized carbons (Fsp3) is 0.556. The number of anilines is 1. The molecule has 1 aliphatic heterocycles. The summed E-state index contributed by atoms with van der Waals surface area (Å²) in [7, 11) is 2.42. The highest BCUT2D eigenvalue weighted by Crippen LogP contribution is 2.41. The minimum Gasteiger partial charge on any atom is -0.452 e. The van der Waals surface area contributed by atoms with Crippen LogP contribution in [0.5, 0.6) is 0 Å². The van der Waals surface area contributed by atoms with Crippen molar-refractivity contribution in [2.45, 2.75) is 76.9 Å². The number of imidazole rings is 1. The number of benzene rings is 1. The van der Waals surface area contributed by atoms with E-state index in [1.165, 1.54) is 7.11 Å². The number of aliphatic hydroxyl groups excluding tert-OH is 1. The van der Waals surface area contributed by atoms with Gasteiger partial charge in [-0.05, 0) is 63.6 Å². The molecule has 2 atom stereocenters. The van der Waals surface area contributed by atoms with E-state index in [0.717, 1.165) is 80.0 Å². The number of aliphatic hydroxyl groups is 1. The van der Waals surface area contributed by atoms with Crippen LogP contribution >= 0.6 is 11.6 Å². The lowest BCUT2D eigenvalue weighted by atomic mass is 9.86. The van der Waals surface area contributed by atoms with Gasteiger partial charge < -0.3 is 19.2 Å². The van der Waals surface area contributed by atoms with Gasteiger partial charge in [0, 0.05) is 42.8 Å². The maximum Gasteiger partial charge on any atom is 0.414 e. The molecule has 1 N–H and O–H groups in total. The van der Waals surface area contributed by atoms with E-state index in [4.69, 9.17) is 26.4 Å². The van der Waals surface area contributed by atoms with E-state index in [-0.39, 0.29) is 30.0 Å². The van der Waals surface area contributed by atoms with E-state index in [0.29, 0.717) is 11.7 Å². The lowest BCUT2D eigenvalue weighted by Gasteiger charge is -2.34. The van der Waals surface area contributed by atoms with Crippen LogP contribution in [-0.2, 0) is 22.5 Å².